The van der Waals surface area contributed by atoms with Crippen LogP contribution >= 0.6 is 23.2 Å². The number of nitrogens with zero attached hydrogens (tertiary/aromatic N) is 1. The Morgan fingerprint density at radius 2 is 2.00 bits per heavy atom. The first-order valence-electron chi connectivity index (χ1n) is 7.12. The van der Waals surface area contributed by atoms with Crippen LogP contribution in [0.1, 0.15) is 50.0 Å². The number of pyridine rings is 1. The molecule has 1 saturated carbocycles. The van der Waals surface area contributed by atoms with E-state index in [2.05, 4.69) is 24.1 Å². The highest BCUT2D eigenvalue weighted by atomic mass is 35.5. The molecule has 0 saturated heterocycles. The van der Waals surface area contributed by atoms with Gasteiger partial charge in [0.05, 0.1) is 5.02 Å². The first-order chi connectivity index (χ1) is 9.49. The van der Waals surface area contributed by atoms with Gasteiger partial charge in [0.25, 0.3) is 5.91 Å². The van der Waals surface area contributed by atoms with Gasteiger partial charge in [-0.1, -0.05) is 49.9 Å². The lowest BCUT2D eigenvalue weighted by Gasteiger charge is -2.34. The van der Waals surface area contributed by atoms with Crippen molar-refractivity contribution in [2.75, 3.05) is 0 Å². The molecule has 0 radical (unpaired) electrons. The summed E-state index contributed by atoms with van der Waals surface area (Å²) in [6.07, 6.45) is 4.59. The van der Waals surface area contributed by atoms with Crippen molar-refractivity contribution >= 4 is 29.1 Å². The van der Waals surface area contributed by atoms with E-state index >= 15 is 0 Å². The molecule has 1 amide bonds. The Morgan fingerprint density at radius 1 is 1.30 bits per heavy atom. The van der Waals surface area contributed by atoms with Gasteiger partial charge in [0.1, 0.15) is 10.8 Å². The van der Waals surface area contributed by atoms with E-state index < -0.39 is 0 Å². The maximum absolute atomic E-state index is 12.3. The maximum Gasteiger partial charge on any atom is 0.271 e. The molecule has 20 heavy (non-hydrogen) atoms. The van der Waals surface area contributed by atoms with Crippen LogP contribution in [0.15, 0.2) is 12.1 Å². The van der Waals surface area contributed by atoms with E-state index in [9.17, 15) is 4.79 Å². The molecule has 0 spiro atoms. The Kier molecular flexibility index (Phi) is 5.28. The van der Waals surface area contributed by atoms with Gasteiger partial charge >= 0.3 is 0 Å². The van der Waals surface area contributed by atoms with Crippen molar-refractivity contribution in [1.82, 2.24) is 10.3 Å². The molecule has 110 valence electrons. The summed E-state index contributed by atoms with van der Waals surface area (Å²) in [4.78, 5) is 16.4. The molecule has 2 unspecified atom stereocenters. The van der Waals surface area contributed by atoms with E-state index in [4.69, 9.17) is 23.2 Å². The molecule has 1 aromatic rings. The third-order valence-corrected chi connectivity index (χ3v) is 4.53. The quantitative estimate of drug-likeness (QED) is 0.843. The largest absolute Gasteiger partial charge is 0.348 e. The number of aromatic nitrogens is 1. The van der Waals surface area contributed by atoms with Crippen LogP contribution in [0.2, 0.25) is 10.2 Å². The lowest BCUT2D eigenvalue weighted by Crippen LogP contribution is -2.44. The average molecular weight is 315 g/mol. The van der Waals surface area contributed by atoms with Crippen molar-refractivity contribution in [3.8, 4) is 0 Å². The smallest absolute Gasteiger partial charge is 0.271 e. The van der Waals surface area contributed by atoms with Gasteiger partial charge in [-0.25, -0.2) is 4.98 Å². The molecule has 2 atom stereocenters. The highest BCUT2D eigenvalue weighted by Gasteiger charge is 2.29. The minimum Gasteiger partial charge on any atom is -0.348 e. The van der Waals surface area contributed by atoms with Crippen molar-refractivity contribution in [3.63, 3.8) is 0 Å². The van der Waals surface area contributed by atoms with Crippen LogP contribution in [0.5, 0.6) is 0 Å². The number of amides is 1. The number of nitrogens with one attached hydrogen (secondary N) is 1. The Labute approximate surface area is 130 Å². The number of halogens is 2. The Hall–Kier alpha value is -0.800. The third-order valence-electron chi connectivity index (χ3n) is 4.02. The summed E-state index contributed by atoms with van der Waals surface area (Å²) < 4.78 is 0. The number of hydrogen-bond donors (Lipinski definition) is 1. The van der Waals surface area contributed by atoms with Gasteiger partial charge in [-0.2, -0.15) is 0 Å². The van der Waals surface area contributed by atoms with E-state index in [-0.39, 0.29) is 22.8 Å². The highest BCUT2D eigenvalue weighted by Crippen LogP contribution is 2.30. The lowest BCUT2D eigenvalue weighted by atomic mass is 9.78. The molecule has 0 aromatic carbocycles. The predicted molar refractivity (Wildman–Crippen MR) is 82.3 cm³/mol. The van der Waals surface area contributed by atoms with Crippen molar-refractivity contribution < 1.29 is 4.79 Å². The second kappa shape index (κ2) is 6.77. The summed E-state index contributed by atoms with van der Waals surface area (Å²) in [5.41, 5.74) is 0.215. The van der Waals surface area contributed by atoms with Crippen LogP contribution in [0.4, 0.5) is 0 Å². The van der Waals surface area contributed by atoms with Crippen LogP contribution in [0.25, 0.3) is 0 Å². The van der Waals surface area contributed by atoms with Crippen LogP contribution in [-0.2, 0) is 0 Å². The van der Waals surface area contributed by atoms with Gasteiger partial charge in [0.15, 0.2) is 0 Å². The Morgan fingerprint density at radius 3 is 2.70 bits per heavy atom. The summed E-state index contributed by atoms with van der Waals surface area (Å²) in [7, 11) is 0. The van der Waals surface area contributed by atoms with Gasteiger partial charge in [0, 0.05) is 6.04 Å². The lowest BCUT2D eigenvalue weighted by molar-refractivity contribution is 0.0884. The van der Waals surface area contributed by atoms with Gasteiger partial charge in [0.2, 0.25) is 0 Å². The second-order valence-electron chi connectivity index (χ2n) is 5.74. The fourth-order valence-electron chi connectivity index (χ4n) is 2.95. The maximum atomic E-state index is 12.3. The molecule has 5 heteroatoms. The van der Waals surface area contributed by atoms with Crippen LogP contribution < -0.4 is 5.32 Å². The average Bonchev–Trinajstić information content (AvgIpc) is 2.41. The Bertz CT molecular complexity index is 491. The van der Waals surface area contributed by atoms with Crippen molar-refractivity contribution in [2.24, 2.45) is 11.8 Å². The molecule has 1 aliphatic rings. The minimum absolute atomic E-state index is 0.202. The molecule has 1 aromatic heterocycles. The third kappa shape index (κ3) is 3.64. The van der Waals surface area contributed by atoms with Crippen LogP contribution in [-0.4, -0.2) is 16.9 Å². The van der Waals surface area contributed by atoms with Crippen LogP contribution in [0, 0.1) is 11.8 Å². The molecular weight excluding hydrogens is 295 g/mol. The fraction of sp³-hybridized carbons (Fsp3) is 0.600. The molecule has 1 N–H and O–H groups in total. The van der Waals surface area contributed by atoms with Gasteiger partial charge in [-0.3, -0.25) is 4.79 Å². The molecule has 0 aliphatic heterocycles. The SMILES string of the molecule is CC(C)C1CCCCC1NC(=O)c1nc(Cl)ccc1Cl. The number of carbonyl (C=O) groups excluding carboxylic acids is 1. The summed E-state index contributed by atoms with van der Waals surface area (Å²) in [6, 6.07) is 3.39. The predicted octanol–water partition coefficient (Wildman–Crippen LogP) is 4.33. The van der Waals surface area contributed by atoms with Gasteiger partial charge in [-0.05, 0) is 36.8 Å². The minimum atomic E-state index is -0.227. The van der Waals surface area contributed by atoms with Crippen molar-refractivity contribution in [2.45, 2.75) is 45.6 Å². The zero-order valence-electron chi connectivity index (χ0n) is 11.8. The first-order valence-corrected chi connectivity index (χ1v) is 7.87. The zero-order chi connectivity index (χ0) is 14.7. The molecule has 1 fully saturated rings. The summed E-state index contributed by atoms with van der Waals surface area (Å²) in [6.45, 7) is 4.42. The zero-order valence-corrected chi connectivity index (χ0v) is 13.3. The van der Waals surface area contributed by atoms with E-state index in [1.165, 1.54) is 12.8 Å². The molecule has 0 bridgehead atoms. The summed E-state index contributed by atoms with van der Waals surface area (Å²) in [5, 5.41) is 3.71. The molecular formula is C15H20Cl2N2O. The van der Waals surface area contributed by atoms with Gasteiger partial charge < -0.3 is 5.32 Å². The highest BCUT2D eigenvalue weighted by molar-refractivity contribution is 6.34. The molecule has 1 aliphatic carbocycles. The van der Waals surface area contributed by atoms with E-state index in [0.717, 1.165) is 12.8 Å². The van der Waals surface area contributed by atoms with Crippen molar-refractivity contribution in [3.05, 3.63) is 28.0 Å². The Balaban J connectivity index is 2.11. The number of carbonyl (C=O) groups is 1. The number of rotatable bonds is 3. The van der Waals surface area contributed by atoms with E-state index in [1.54, 1.807) is 12.1 Å². The molecule has 1 heterocycles. The topological polar surface area (TPSA) is 42.0 Å². The second-order valence-corrected chi connectivity index (χ2v) is 6.53. The summed E-state index contributed by atoms with van der Waals surface area (Å²) >= 11 is 11.9. The monoisotopic (exact) mass is 314 g/mol. The normalized spacial score (nSPS) is 22.9. The summed E-state index contributed by atoms with van der Waals surface area (Å²) in [5.74, 6) is 0.851. The number of hydrogen-bond acceptors (Lipinski definition) is 2. The fourth-order valence-corrected chi connectivity index (χ4v) is 3.29. The van der Waals surface area contributed by atoms with E-state index in [0.29, 0.717) is 16.9 Å². The standard InChI is InChI=1S/C15H20Cl2N2O/c1-9(2)10-5-3-4-6-12(10)18-15(20)14-11(16)7-8-13(17)19-14/h7-10,12H,3-6H2,1-2H3,(H,18,20). The first kappa shape index (κ1) is 15.6. The van der Waals surface area contributed by atoms with E-state index in [1.807, 2.05) is 0 Å². The van der Waals surface area contributed by atoms with Crippen molar-refractivity contribution in [1.29, 1.82) is 0 Å². The van der Waals surface area contributed by atoms with Crippen LogP contribution in [0.3, 0.4) is 0 Å². The van der Waals surface area contributed by atoms with Gasteiger partial charge in [-0.15, -0.1) is 0 Å². The molecule has 3 nitrogen and oxygen atoms in total. The molecule has 2 rings (SSSR count).